The molecule has 0 spiro atoms. The van der Waals surface area contributed by atoms with Gasteiger partial charge in [-0.15, -0.1) is 11.3 Å². The number of para-hydroxylation sites is 1. The molecule has 2 aliphatic carbocycles. The third-order valence-corrected chi connectivity index (χ3v) is 14.2. The van der Waals surface area contributed by atoms with Gasteiger partial charge in [0.2, 0.25) is 0 Å². The molecule has 56 heavy (non-hydrogen) atoms. The molecule has 266 valence electrons. The van der Waals surface area contributed by atoms with E-state index in [0.29, 0.717) is 0 Å². The molecule has 12 rings (SSSR count). The number of benzene rings is 8. The van der Waals surface area contributed by atoms with Crippen molar-refractivity contribution >= 4 is 70.5 Å². The lowest BCUT2D eigenvalue weighted by atomic mass is 9.74. The summed E-state index contributed by atoms with van der Waals surface area (Å²) in [4.78, 5) is 2.48. The number of rotatable bonds is 4. The summed E-state index contributed by atoms with van der Waals surface area (Å²) in [6.45, 7) is 7.16. The molecular weight excluding hydrogens is 699 g/mol. The number of nitrogens with zero attached hydrogens (tertiary/aromatic N) is 1. The van der Waals surface area contributed by atoms with E-state index in [-0.39, 0.29) is 10.8 Å². The number of hydrogen-bond donors (Lipinski definition) is 0. The van der Waals surface area contributed by atoms with E-state index in [9.17, 15) is 0 Å². The quantitative estimate of drug-likeness (QED) is 0.179. The van der Waals surface area contributed by atoms with Gasteiger partial charge in [-0.05, 0) is 99.5 Å². The van der Waals surface area contributed by atoms with Crippen LogP contribution >= 0.6 is 11.3 Å². The fourth-order valence-corrected chi connectivity index (χ4v) is 11.6. The lowest BCUT2D eigenvalue weighted by Gasteiger charge is -2.32. The first-order valence-corrected chi connectivity index (χ1v) is 20.3. The van der Waals surface area contributed by atoms with Crippen LogP contribution in [0, 0.1) is 0 Å². The van der Waals surface area contributed by atoms with Crippen LogP contribution in [0.15, 0.2) is 174 Å². The molecule has 3 heteroatoms. The molecule has 0 radical (unpaired) electrons. The van der Waals surface area contributed by atoms with Gasteiger partial charge in [-0.25, -0.2) is 0 Å². The molecule has 0 saturated carbocycles. The maximum absolute atomic E-state index is 6.55. The third-order valence-electron chi connectivity index (χ3n) is 13.0. The van der Waals surface area contributed by atoms with Gasteiger partial charge >= 0.3 is 0 Å². The summed E-state index contributed by atoms with van der Waals surface area (Å²) in [5.74, 6) is 0. The first kappa shape index (κ1) is 31.9. The second-order valence-corrected chi connectivity index (χ2v) is 17.2. The highest BCUT2D eigenvalue weighted by atomic mass is 32.1. The van der Waals surface area contributed by atoms with E-state index >= 15 is 0 Å². The van der Waals surface area contributed by atoms with Crippen LogP contribution in [0.3, 0.4) is 0 Å². The largest absolute Gasteiger partial charge is 0.456 e. The lowest BCUT2D eigenvalue weighted by Crippen LogP contribution is -2.23. The first-order valence-electron chi connectivity index (χ1n) is 19.5. The van der Waals surface area contributed by atoms with Crippen molar-refractivity contribution in [3.8, 4) is 22.3 Å². The maximum Gasteiger partial charge on any atom is 0.137 e. The predicted molar refractivity (Wildman–Crippen MR) is 236 cm³/mol. The summed E-state index contributed by atoms with van der Waals surface area (Å²) in [6, 6.07) is 62.9. The van der Waals surface area contributed by atoms with Crippen LogP contribution in [0.5, 0.6) is 0 Å². The zero-order valence-electron chi connectivity index (χ0n) is 31.4. The summed E-state index contributed by atoms with van der Waals surface area (Å²) in [7, 11) is 0. The molecule has 0 unspecified atom stereocenters. The lowest BCUT2D eigenvalue weighted by molar-refractivity contribution is 0.660. The van der Waals surface area contributed by atoms with E-state index in [2.05, 4.69) is 189 Å². The van der Waals surface area contributed by atoms with Gasteiger partial charge in [0.05, 0.1) is 5.69 Å². The Morgan fingerprint density at radius 1 is 0.446 bits per heavy atom. The van der Waals surface area contributed by atoms with Crippen LogP contribution in [-0.4, -0.2) is 0 Å². The number of hydrogen-bond acceptors (Lipinski definition) is 3. The second kappa shape index (κ2) is 11.3. The van der Waals surface area contributed by atoms with E-state index in [4.69, 9.17) is 4.42 Å². The Labute approximate surface area is 329 Å². The zero-order valence-corrected chi connectivity index (χ0v) is 32.2. The SMILES string of the molecule is CC1(C)c2ccccc2-c2ccc(N(c3ccc4c(c3)oc3ccccc34)c3ccc(C4(C)c5ccccc5-c5ccccc54)c4sc5ccccc5c34)cc21. The molecule has 8 aromatic carbocycles. The Morgan fingerprint density at radius 2 is 1.02 bits per heavy atom. The summed E-state index contributed by atoms with van der Waals surface area (Å²) >= 11 is 1.92. The molecule has 0 amide bonds. The molecular formula is C53H37NOS. The van der Waals surface area contributed by atoms with Gasteiger partial charge in [0.15, 0.2) is 0 Å². The normalized spacial score (nSPS) is 14.6. The monoisotopic (exact) mass is 735 g/mol. The minimum atomic E-state index is -0.327. The Balaban J connectivity index is 1.15. The topological polar surface area (TPSA) is 16.4 Å². The van der Waals surface area contributed by atoms with Crippen LogP contribution in [-0.2, 0) is 10.8 Å². The van der Waals surface area contributed by atoms with Gasteiger partial charge in [-0.1, -0.05) is 135 Å². The van der Waals surface area contributed by atoms with Crippen molar-refractivity contribution in [2.75, 3.05) is 4.90 Å². The molecule has 10 aromatic rings. The highest BCUT2D eigenvalue weighted by Crippen LogP contribution is 2.57. The van der Waals surface area contributed by atoms with Crippen molar-refractivity contribution in [3.63, 3.8) is 0 Å². The Hall–Kier alpha value is -6.42. The van der Waals surface area contributed by atoms with Crippen LogP contribution in [0.25, 0.3) is 64.4 Å². The third kappa shape index (κ3) is 4.16. The molecule has 2 aromatic heterocycles. The summed E-state index contributed by atoms with van der Waals surface area (Å²) < 4.78 is 9.16. The zero-order chi connectivity index (χ0) is 37.3. The van der Waals surface area contributed by atoms with E-state index in [0.717, 1.165) is 39.0 Å². The number of furan rings is 1. The standard InChI is InChI=1S/C53H37NOS/c1-52(2)41-19-9-4-14-34(41)37-26-24-32(30-45(37)52)54(33-25-27-39-38-17-7-12-22-47(38)55-48(39)31-33)46-29-28-44(51-50(46)40-18-8-13-23-49(40)56-51)53(3)42-20-10-5-15-35(42)36-16-6-11-21-43(36)53/h4-31H,1-3H3. The van der Waals surface area contributed by atoms with Gasteiger partial charge in [0.1, 0.15) is 11.2 Å². The highest BCUT2D eigenvalue weighted by Gasteiger charge is 2.42. The number of anilines is 3. The number of thiophene rings is 1. The van der Waals surface area contributed by atoms with Crippen molar-refractivity contribution in [2.24, 2.45) is 0 Å². The molecule has 0 N–H and O–H groups in total. The van der Waals surface area contributed by atoms with Crippen molar-refractivity contribution < 1.29 is 4.42 Å². The van der Waals surface area contributed by atoms with Crippen LogP contribution < -0.4 is 4.90 Å². The summed E-state index contributed by atoms with van der Waals surface area (Å²) in [5.41, 5.74) is 16.8. The van der Waals surface area contributed by atoms with Crippen molar-refractivity contribution in [3.05, 3.63) is 198 Å². The maximum atomic E-state index is 6.55. The minimum absolute atomic E-state index is 0.137. The fourth-order valence-electron chi connectivity index (χ4n) is 10.2. The molecule has 2 nitrogen and oxygen atoms in total. The van der Waals surface area contributed by atoms with E-state index in [1.165, 1.54) is 70.2 Å². The van der Waals surface area contributed by atoms with Gasteiger partial charge in [-0.3, -0.25) is 0 Å². The molecule has 2 aliphatic rings. The smallest absolute Gasteiger partial charge is 0.137 e. The Morgan fingerprint density at radius 3 is 1.79 bits per heavy atom. The van der Waals surface area contributed by atoms with Crippen LogP contribution in [0.2, 0.25) is 0 Å². The Bertz CT molecular complexity index is 3220. The van der Waals surface area contributed by atoms with E-state index in [1.54, 1.807) is 0 Å². The van der Waals surface area contributed by atoms with Crippen LogP contribution in [0.1, 0.15) is 48.6 Å². The minimum Gasteiger partial charge on any atom is -0.456 e. The van der Waals surface area contributed by atoms with E-state index < -0.39 is 0 Å². The molecule has 2 heterocycles. The second-order valence-electron chi connectivity index (χ2n) is 16.2. The number of fused-ring (bicyclic) bond motifs is 12. The molecule has 0 saturated heterocycles. The van der Waals surface area contributed by atoms with Gasteiger partial charge in [0, 0.05) is 59.2 Å². The summed E-state index contributed by atoms with van der Waals surface area (Å²) in [5, 5.41) is 4.82. The molecule has 0 bridgehead atoms. The van der Waals surface area contributed by atoms with Gasteiger partial charge in [0.25, 0.3) is 0 Å². The average Bonchev–Trinajstić information content (AvgIpc) is 3.95. The molecule has 0 atom stereocenters. The average molecular weight is 736 g/mol. The Kier molecular flexibility index (Phi) is 6.44. The fraction of sp³-hybridized carbons (Fsp3) is 0.0943. The van der Waals surface area contributed by atoms with Crippen molar-refractivity contribution in [1.29, 1.82) is 0 Å². The van der Waals surface area contributed by atoms with Crippen LogP contribution in [0.4, 0.5) is 17.1 Å². The van der Waals surface area contributed by atoms with Gasteiger partial charge in [-0.2, -0.15) is 0 Å². The van der Waals surface area contributed by atoms with Gasteiger partial charge < -0.3 is 9.32 Å². The van der Waals surface area contributed by atoms with E-state index in [1.807, 2.05) is 17.4 Å². The van der Waals surface area contributed by atoms with Crippen molar-refractivity contribution in [2.45, 2.75) is 31.6 Å². The van der Waals surface area contributed by atoms with Crippen molar-refractivity contribution in [1.82, 2.24) is 0 Å². The highest BCUT2D eigenvalue weighted by molar-refractivity contribution is 7.26. The molecule has 0 aliphatic heterocycles. The summed E-state index contributed by atoms with van der Waals surface area (Å²) in [6.07, 6.45) is 0. The first-order chi connectivity index (χ1) is 27.4. The molecule has 0 fully saturated rings. The predicted octanol–water partition coefficient (Wildman–Crippen LogP) is 15.1.